The van der Waals surface area contributed by atoms with E-state index >= 15 is 0 Å². The Labute approximate surface area is 119 Å². The molecule has 0 spiro atoms. The molecular weight excluding hydrogens is 286 g/mol. The van der Waals surface area contributed by atoms with Crippen molar-refractivity contribution < 1.29 is 12.8 Å². The maximum absolute atomic E-state index is 11.9. The van der Waals surface area contributed by atoms with Gasteiger partial charge >= 0.3 is 0 Å². The van der Waals surface area contributed by atoms with Gasteiger partial charge in [0, 0.05) is 18.8 Å². The molecule has 0 N–H and O–H groups in total. The van der Waals surface area contributed by atoms with Crippen LogP contribution in [0.25, 0.3) is 0 Å². The number of rotatable bonds is 7. The predicted octanol–water partition coefficient (Wildman–Crippen LogP) is 2.79. The lowest BCUT2D eigenvalue weighted by molar-refractivity contribution is 0.389. The molecule has 1 aromatic heterocycles. The van der Waals surface area contributed by atoms with Crippen molar-refractivity contribution in [2.45, 2.75) is 32.2 Å². The molecule has 1 heterocycles. The van der Waals surface area contributed by atoms with E-state index in [1.165, 1.54) is 4.31 Å². The highest BCUT2D eigenvalue weighted by Crippen LogP contribution is 2.47. The van der Waals surface area contributed by atoms with Crippen molar-refractivity contribution in [3.8, 4) is 0 Å². The second kappa shape index (κ2) is 5.85. The molecule has 1 aliphatic carbocycles. The molecule has 1 aromatic rings. The quantitative estimate of drug-likeness (QED) is 0.728. The van der Waals surface area contributed by atoms with Crippen LogP contribution in [0.3, 0.4) is 0 Å². The van der Waals surface area contributed by atoms with E-state index in [-0.39, 0.29) is 12.3 Å². The lowest BCUT2D eigenvalue weighted by atomic mass is 10.3. The summed E-state index contributed by atoms with van der Waals surface area (Å²) in [5, 5.41) is 0. The average Bonchev–Trinajstić information content (AvgIpc) is 2.90. The number of hydrogen-bond donors (Lipinski definition) is 0. The third kappa shape index (κ3) is 3.74. The van der Waals surface area contributed by atoms with E-state index in [9.17, 15) is 8.42 Å². The summed E-state index contributed by atoms with van der Waals surface area (Å²) in [5.74, 6) is 3.33. The third-order valence-corrected chi connectivity index (χ3v) is 5.70. The lowest BCUT2D eigenvalue weighted by Crippen LogP contribution is -2.28. The van der Waals surface area contributed by atoms with Gasteiger partial charge in [0.15, 0.2) is 0 Å². The summed E-state index contributed by atoms with van der Waals surface area (Å²) < 4.78 is 30.9. The SMILES string of the molecule is CC1CC1c1ccc(CN(C)S(=O)(=O)CCCCl)o1. The van der Waals surface area contributed by atoms with Crippen molar-refractivity contribution in [1.82, 2.24) is 4.31 Å². The number of sulfonamides is 1. The first-order chi connectivity index (χ1) is 8.94. The number of alkyl halides is 1. The largest absolute Gasteiger partial charge is 0.464 e. The molecule has 6 heteroatoms. The van der Waals surface area contributed by atoms with Crippen LogP contribution in [0.4, 0.5) is 0 Å². The van der Waals surface area contributed by atoms with E-state index in [1.807, 2.05) is 12.1 Å². The Kier molecular flexibility index (Phi) is 4.58. The fraction of sp³-hybridized carbons (Fsp3) is 0.692. The van der Waals surface area contributed by atoms with Gasteiger partial charge in [-0.05, 0) is 30.9 Å². The molecule has 2 unspecified atom stereocenters. The van der Waals surface area contributed by atoms with Gasteiger partial charge in [0.05, 0.1) is 12.3 Å². The smallest absolute Gasteiger partial charge is 0.214 e. The van der Waals surface area contributed by atoms with Crippen LogP contribution >= 0.6 is 11.6 Å². The van der Waals surface area contributed by atoms with Crippen LogP contribution < -0.4 is 0 Å². The first kappa shape index (κ1) is 14.9. The predicted molar refractivity (Wildman–Crippen MR) is 75.8 cm³/mol. The van der Waals surface area contributed by atoms with E-state index in [1.54, 1.807) is 7.05 Å². The Balaban J connectivity index is 1.94. The van der Waals surface area contributed by atoms with Gasteiger partial charge < -0.3 is 4.42 Å². The van der Waals surface area contributed by atoms with Crippen LogP contribution in [0, 0.1) is 5.92 Å². The number of hydrogen-bond acceptors (Lipinski definition) is 3. The summed E-state index contributed by atoms with van der Waals surface area (Å²) in [6.45, 7) is 2.47. The molecule has 0 saturated heterocycles. The highest BCUT2D eigenvalue weighted by molar-refractivity contribution is 7.89. The monoisotopic (exact) mass is 305 g/mol. The Hall–Kier alpha value is -0.520. The van der Waals surface area contributed by atoms with Crippen molar-refractivity contribution >= 4 is 21.6 Å². The van der Waals surface area contributed by atoms with Crippen molar-refractivity contribution in [1.29, 1.82) is 0 Å². The molecule has 0 aromatic carbocycles. The molecule has 4 nitrogen and oxygen atoms in total. The maximum atomic E-state index is 11.9. The summed E-state index contributed by atoms with van der Waals surface area (Å²) >= 11 is 5.53. The zero-order valence-corrected chi connectivity index (χ0v) is 12.9. The first-order valence-corrected chi connectivity index (χ1v) is 8.67. The van der Waals surface area contributed by atoms with Gasteiger partial charge in [0.25, 0.3) is 0 Å². The van der Waals surface area contributed by atoms with Gasteiger partial charge in [-0.3, -0.25) is 0 Å². The zero-order chi connectivity index (χ0) is 14.0. The average molecular weight is 306 g/mol. The molecule has 0 amide bonds. The minimum Gasteiger partial charge on any atom is -0.464 e. The van der Waals surface area contributed by atoms with E-state index in [4.69, 9.17) is 16.0 Å². The molecule has 2 atom stereocenters. The van der Waals surface area contributed by atoms with Crippen LogP contribution in [0.15, 0.2) is 16.5 Å². The molecule has 19 heavy (non-hydrogen) atoms. The van der Waals surface area contributed by atoms with Crippen molar-refractivity contribution in [2.24, 2.45) is 5.92 Å². The van der Waals surface area contributed by atoms with Gasteiger partial charge in [-0.15, -0.1) is 11.6 Å². The fourth-order valence-electron chi connectivity index (χ4n) is 2.11. The molecule has 1 aliphatic rings. The van der Waals surface area contributed by atoms with Gasteiger partial charge in [-0.25, -0.2) is 8.42 Å². The van der Waals surface area contributed by atoms with E-state index in [2.05, 4.69) is 6.92 Å². The van der Waals surface area contributed by atoms with Crippen LogP contribution in [0.1, 0.15) is 37.2 Å². The minimum atomic E-state index is -3.24. The van der Waals surface area contributed by atoms with Gasteiger partial charge in [-0.2, -0.15) is 4.31 Å². The summed E-state index contributed by atoms with van der Waals surface area (Å²) in [6.07, 6.45) is 1.63. The summed E-state index contributed by atoms with van der Waals surface area (Å²) in [7, 11) is -1.66. The van der Waals surface area contributed by atoms with Crippen LogP contribution in [-0.2, 0) is 16.6 Å². The molecule has 1 saturated carbocycles. The minimum absolute atomic E-state index is 0.0836. The van der Waals surface area contributed by atoms with Crippen molar-refractivity contribution in [3.05, 3.63) is 23.7 Å². The molecule has 0 radical (unpaired) electrons. The summed E-state index contributed by atoms with van der Waals surface area (Å²) in [6, 6.07) is 3.83. The molecule has 1 fully saturated rings. The Morgan fingerprint density at radius 1 is 1.47 bits per heavy atom. The lowest BCUT2D eigenvalue weighted by Gasteiger charge is -2.15. The Morgan fingerprint density at radius 3 is 2.74 bits per heavy atom. The second-order valence-electron chi connectivity index (χ2n) is 5.24. The fourth-order valence-corrected chi connectivity index (χ4v) is 3.54. The zero-order valence-electron chi connectivity index (χ0n) is 11.3. The molecule has 0 bridgehead atoms. The van der Waals surface area contributed by atoms with Gasteiger partial charge in [0.2, 0.25) is 10.0 Å². The normalized spacial score (nSPS) is 22.9. The maximum Gasteiger partial charge on any atom is 0.214 e. The van der Waals surface area contributed by atoms with E-state index < -0.39 is 10.0 Å². The number of halogens is 1. The molecular formula is C13H20ClNO3S. The van der Waals surface area contributed by atoms with Crippen LogP contribution in [-0.4, -0.2) is 31.4 Å². The van der Waals surface area contributed by atoms with Crippen LogP contribution in [0.5, 0.6) is 0 Å². The summed E-state index contributed by atoms with van der Waals surface area (Å²) in [4.78, 5) is 0. The van der Waals surface area contributed by atoms with E-state index in [0.29, 0.717) is 29.9 Å². The van der Waals surface area contributed by atoms with Gasteiger partial charge in [-0.1, -0.05) is 6.92 Å². The number of furan rings is 1. The highest BCUT2D eigenvalue weighted by atomic mass is 35.5. The van der Waals surface area contributed by atoms with Crippen molar-refractivity contribution in [3.63, 3.8) is 0 Å². The highest BCUT2D eigenvalue weighted by Gasteiger charge is 2.36. The topological polar surface area (TPSA) is 50.5 Å². The Morgan fingerprint density at radius 2 is 2.16 bits per heavy atom. The second-order valence-corrected chi connectivity index (χ2v) is 7.81. The molecule has 0 aliphatic heterocycles. The number of nitrogens with zero attached hydrogens (tertiary/aromatic N) is 1. The van der Waals surface area contributed by atoms with Crippen molar-refractivity contribution in [2.75, 3.05) is 18.7 Å². The molecule has 2 rings (SSSR count). The van der Waals surface area contributed by atoms with E-state index in [0.717, 1.165) is 12.2 Å². The molecule has 108 valence electrons. The standard InChI is InChI=1S/C13H20ClNO3S/c1-10-8-12(10)13-5-4-11(18-13)9-15(2)19(16,17)7-3-6-14/h4-5,10,12H,3,6-9H2,1-2H3. The van der Waals surface area contributed by atoms with Gasteiger partial charge in [0.1, 0.15) is 11.5 Å². The van der Waals surface area contributed by atoms with Crippen LogP contribution in [0.2, 0.25) is 0 Å². The third-order valence-electron chi connectivity index (χ3n) is 3.55. The first-order valence-electron chi connectivity index (χ1n) is 6.52. The summed E-state index contributed by atoms with van der Waals surface area (Å²) in [5.41, 5.74) is 0. The Bertz CT molecular complexity index is 526.